The highest BCUT2D eigenvalue weighted by atomic mass is 79.9. The van der Waals surface area contributed by atoms with Gasteiger partial charge in [0.25, 0.3) is 0 Å². The van der Waals surface area contributed by atoms with Crippen LogP contribution in [-0.2, 0) is 0 Å². The second-order valence-electron chi connectivity index (χ2n) is 3.22. The Labute approximate surface area is 101 Å². The Balaban J connectivity index is 2.51. The fourth-order valence-corrected chi connectivity index (χ4v) is 2.57. The first kappa shape index (κ1) is 10.2. The van der Waals surface area contributed by atoms with Crippen LogP contribution in [0.25, 0.3) is 6.08 Å². The van der Waals surface area contributed by atoms with E-state index in [4.69, 9.17) is 0 Å². The summed E-state index contributed by atoms with van der Waals surface area (Å²) in [6.07, 6.45) is 8.43. The molecule has 2 atom stereocenters. The van der Waals surface area contributed by atoms with Gasteiger partial charge < -0.3 is 0 Å². The zero-order valence-corrected chi connectivity index (χ0v) is 10.7. The lowest BCUT2D eigenvalue weighted by molar-refractivity contribution is 1.02. The molecule has 1 aromatic carbocycles. The first-order valence-electron chi connectivity index (χ1n) is 4.51. The van der Waals surface area contributed by atoms with E-state index in [1.54, 1.807) is 0 Å². The molecule has 14 heavy (non-hydrogen) atoms. The molecule has 0 aromatic heterocycles. The molecule has 0 bridgehead atoms. The zero-order chi connectivity index (χ0) is 9.97. The van der Waals surface area contributed by atoms with Crippen LogP contribution in [0.5, 0.6) is 0 Å². The van der Waals surface area contributed by atoms with E-state index in [0.29, 0.717) is 9.65 Å². The lowest BCUT2D eigenvalue weighted by Gasteiger charge is -2.17. The van der Waals surface area contributed by atoms with E-state index >= 15 is 0 Å². The van der Waals surface area contributed by atoms with E-state index in [0.717, 1.165) is 0 Å². The SMILES string of the molecule is BrC1/C=C\C=C/c2ccccc2C1Br. The van der Waals surface area contributed by atoms with Crippen LogP contribution in [-0.4, -0.2) is 4.83 Å². The van der Waals surface area contributed by atoms with Crippen LogP contribution in [0.15, 0.2) is 42.5 Å². The van der Waals surface area contributed by atoms with Crippen molar-refractivity contribution < 1.29 is 0 Å². The summed E-state index contributed by atoms with van der Waals surface area (Å²) < 4.78 is 0. The highest BCUT2D eigenvalue weighted by molar-refractivity contribution is 9.12. The second kappa shape index (κ2) is 4.45. The van der Waals surface area contributed by atoms with E-state index in [-0.39, 0.29) is 0 Å². The van der Waals surface area contributed by atoms with E-state index in [1.807, 2.05) is 0 Å². The highest BCUT2D eigenvalue weighted by Gasteiger charge is 2.17. The largest absolute Gasteiger partial charge is 0.0829 e. The van der Waals surface area contributed by atoms with Crippen molar-refractivity contribution in [3.63, 3.8) is 0 Å². The molecule has 0 heterocycles. The number of rotatable bonds is 0. The Hall–Kier alpha value is -0.340. The maximum Gasteiger partial charge on any atom is 0.0561 e. The van der Waals surface area contributed by atoms with Gasteiger partial charge in [0.05, 0.1) is 4.83 Å². The number of hydrogen-bond donors (Lipinski definition) is 0. The van der Waals surface area contributed by atoms with Gasteiger partial charge in [-0.3, -0.25) is 0 Å². The first-order chi connectivity index (χ1) is 6.79. The molecule has 1 aromatic rings. The molecule has 0 radical (unpaired) electrons. The Kier molecular flexibility index (Phi) is 3.24. The topological polar surface area (TPSA) is 0 Å². The number of halogens is 2. The van der Waals surface area contributed by atoms with Crippen LogP contribution >= 0.6 is 31.9 Å². The number of allylic oxidation sites excluding steroid dienone is 3. The molecule has 0 N–H and O–H groups in total. The summed E-state index contributed by atoms with van der Waals surface area (Å²) in [7, 11) is 0. The smallest absolute Gasteiger partial charge is 0.0561 e. The number of hydrogen-bond acceptors (Lipinski definition) is 0. The van der Waals surface area contributed by atoms with E-state index in [2.05, 4.69) is 80.4 Å². The van der Waals surface area contributed by atoms with Crippen LogP contribution in [0, 0.1) is 0 Å². The molecular formula is C12H10Br2. The summed E-state index contributed by atoms with van der Waals surface area (Å²) >= 11 is 7.35. The van der Waals surface area contributed by atoms with Gasteiger partial charge in [0, 0.05) is 4.83 Å². The van der Waals surface area contributed by atoms with Gasteiger partial charge in [-0.2, -0.15) is 0 Å². The summed E-state index contributed by atoms with van der Waals surface area (Å²) in [5.41, 5.74) is 2.61. The quantitative estimate of drug-likeness (QED) is 0.620. The standard InChI is InChI=1S/C12H10Br2/c13-11-8-4-2-6-9-5-1-3-7-10(9)12(11)14/h1-8,11-12H/b6-2-,8-4-. The number of fused-ring (bicyclic) bond motifs is 1. The van der Waals surface area contributed by atoms with E-state index in [9.17, 15) is 0 Å². The lowest BCUT2D eigenvalue weighted by atomic mass is 10.0. The third-order valence-corrected chi connectivity index (χ3v) is 4.86. The molecule has 0 nitrogen and oxygen atoms in total. The highest BCUT2D eigenvalue weighted by Crippen LogP contribution is 2.35. The average molecular weight is 314 g/mol. The van der Waals surface area contributed by atoms with Gasteiger partial charge in [-0.05, 0) is 11.1 Å². The van der Waals surface area contributed by atoms with E-state index < -0.39 is 0 Å². The lowest BCUT2D eigenvalue weighted by Crippen LogP contribution is -2.05. The fourth-order valence-electron chi connectivity index (χ4n) is 1.51. The van der Waals surface area contributed by atoms with Crippen LogP contribution in [0.1, 0.15) is 16.0 Å². The molecule has 0 aliphatic heterocycles. The minimum atomic E-state index is 0.333. The van der Waals surface area contributed by atoms with Crippen LogP contribution < -0.4 is 0 Å². The molecular weight excluding hydrogens is 304 g/mol. The summed E-state index contributed by atoms with van der Waals surface area (Å²) in [5, 5.41) is 0. The molecule has 2 rings (SSSR count). The predicted molar refractivity (Wildman–Crippen MR) is 69.0 cm³/mol. The van der Waals surface area contributed by atoms with Crippen LogP contribution in [0.3, 0.4) is 0 Å². The number of alkyl halides is 2. The summed E-state index contributed by atoms with van der Waals surface area (Å²) in [4.78, 5) is 0.675. The van der Waals surface area contributed by atoms with Gasteiger partial charge in [-0.15, -0.1) is 0 Å². The van der Waals surface area contributed by atoms with Gasteiger partial charge in [0.2, 0.25) is 0 Å². The van der Waals surface area contributed by atoms with Crippen molar-refractivity contribution in [3.05, 3.63) is 53.6 Å². The predicted octanol–water partition coefficient (Wildman–Crippen LogP) is 4.47. The Morgan fingerprint density at radius 2 is 1.79 bits per heavy atom. The molecule has 1 aliphatic carbocycles. The maximum absolute atomic E-state index is 3.71. The van der Waals surface area contributed by atoms with Gasteiger partial charge in [0.1, 0.15) is 0 Å². The monoisotopic (exact) mass is 312 g/mol. The molecule has 0 saturated heterocycles. The Bertz CT molecular complexity index is 380. The Morgan fingerprint density at radius 3 is 2.64 bits per heavy atom. The summed E-state index contributed by atoms with van der Waals surface area (Å²) in [6.45, 7) is 0. The molecule has 72 valence electrons. The van der Waals surface area contributed by atoms with E-state index in [1.165, 1.54) is 11.1 Å². The Morgan fingerprint density at radius 1 is 1.00 bits per heavy atom. The molecule has 2 heteroatoms. The average Bonchev–Trinajstić information content (AvgIpc) is 2.22. The normalized spacial score (nSPS) is 29.9. The first-order valence-corrected chi connectivity index (χ1v) is 6.34. The molecule has 1 aliphatic rings. The van der Waals surface area contributed by atoms with Gasteiger partial charge >= 0.3 is 0 Å². The summed E-state index contributed by atoms with van der Waals surface area (Å²) in [6, 6.07) is 8.44. The van der Waals surface area contributed by atoms with Crippen molar-refractivity contribution in [2.75, 3.05) is 0 Å². The van der Waals surface area contributed by atoms with Crippen molar-refractivity contribution in [2.24, 2.45) is 0 Å². The maximum atomic E-state index is 3.71. The van der Waals surface area contributed by atoms with Crippen molar-refractivity contribution >= 4 is 37.9 Å². The third-order valence-electron chi connectivity index (χ3n) is 2.25. The molecule has 0 amide bonds. The van der Waals surface area contributed by atoms with Gasteiger partial charge in [0.15, 0.2) is 0 Å². The second-order valence-corrected chi connectivity index (χ2v) is 5.26. The van der Waals surface area contributed by atoms with Crippen molar-refractivity contribution in [3.8, 4) is 0 Å². The molecule has 0 fully saturated rings. The minimum absolute atomic E-state index is 0.333. The van der Waals surface area contributed by atoms with Gasteiger partial charge in [-0.1, -0.05) is 80.4 Å². The zero-order valence-electron chi connectivity index (χ0n) is 7.53. The van der Waals surface area contributed by atoms with Crippen molar-refractivity contribution in [1.29, 1.82) is 0 Å². The summed E-state index contributed by atoms with van der Waals surface area (Å²) in [5.74, 6) is 0. The van der Waals surface area contributed by atoms with Crippen molar-refractivity contribution in [1.82, 2.24) is 0 Å². The minimum Gasteiger partial charge on any atom is -0.0829 e. The van der Waals surface area contributed by atoms with Crippen LogP contribution in [0.4, 0.5) is 0 Å². The van der Waals surface area contributed by atoms with Gasteiger partial charge in [-0.25, -0.2) is 0 Å². The number of benzene rings is 1. The molecule has 0 spiro atoms. The van der Waals surface area contributed by atoms with Crippen LogP contribution in [0.2, 0.25) is 0 Å². The molecule has 2 unspecified atom stereocenters. The van der Waals surface area contributed by atoms with Crippen molar-refractivity contribution in [2.45, 2.75) is 9.65 Å². The third kappa shape index (κ3) is 2.01. The molecule has 0 saturated carbocycles. The fraction of sp³-hybridized carbons (Fsp3) is 0.167.